The molecule has 1 saturated heterocycles. The van der Waals surface area contributed by atoms with Gasteiger partial charge in [-0.05, 0) is 57.5 Å². The van der Waals surface area contributed by atoms with Crippen molar-refractivity contribution in [3.05, 3.63) is 0 Å². The van der Waals surface area contributed by atoms with E-state index < -0.39 is 5.60 Å². The first kappa shape index (κ1) is 8.52. The minimum Gasteiger partial charge on any atom is -0.390 e. The summed E-state index contributed by atoms with van der Waals surface area (Å²) in [6.07, 6.45) is 2.45. The average molecular weight is 169 g/mol. The van der Waals surface area contributed by atoms with Gasteiger partial charge < -0.3 is 10.4 Å². The van der Waals surface area contributed by atoms with E-state index in [0.717, 1.165) is 11.8 Å². The van der Waals surface area contributed by atoms with Gasteiger partial charge in [-0.15, -0.1) is 0 Å². The van der Waals surface area contributed by atoms with Crippen molar-refractivity contribution in [2.75, 3.05) is 13.1 Å². The van der Waals surface area contributed by atoms with Crippen molar-refractivity contribution < 1.29 is 5.11 Å². The summed E-state index contributed by atoms with van der Waals surface area (Å²) in [7, 11) is 0. The second kappa shape index (κ2) is 2.71. The zero-order valence-corrected chi connectivity index (χ0v) is 8.01. The molecule has 70 valence electrons. The summed E-state index contributed by atoms with van der Waals surface area (Å²) in [6, 6.07) is 0. The number of hydrogen-bond donors (Lipinski definition) is 2. The number of rotatable bonds is 1. The van der Waals surface area contributed by atoms with Crippen LogP contribution in [0.1, 0.15) is 26.7 Å². The normalized spacial score (nSPS) is 41.8. The van der Waals surface area contributed by atoms with E-state index in [1.165, 1.54) is 25.9 Å². The van der Waals surface area contributed by atoms with Gasteiger partial charge in [0.2, 0.25) is 0 Å². The zero-order valence-electron chi connectivity index (χ0n) is 8.01. The summed E-state index contributed by atoms with van der Waals surface area (Å²) in [6.45, 7) is 6.26. The maximum Gasteiger partial charge on any atom is 0.0620 e. The summed E-state index contributed by atoms with van der Waals surface area (Å²) in [5.74, 6) is 2.23. The van der Waals surface area contributed by atoms with Crippen LogP contribution in [0.25, 0.3) is 0 Å². The largest absolute Gasteiger partial charge is 0.390 e. The third-order valence-electron chi connectivity index (χ3n) is 3.65. The van der Waals surface area contributed by atoms with Gasteiger partial charge in [-0.3, -0.25) is 0 Å². The van der Waals surface area contributed by atoms with Crippen molar-refractivity contribution in [2.24, 2.45) is 17.8 Å². The van der Waals surface area contributed by atoms with Crippen LogP contribution in [0.2, 0.25) is 0 Å². The molecular weight excluding hydrogens is 150 g/mol. The van der Waals surface area contributed by atoms with Gasteiger partial charge in [-0.2, -0.15) is 0 Å². The van der Waals surface area contributed by atoms with Gasteiger partial charge in [0.15, 0.2) is 0 Å². The topological polar surface area (TPSA) is 32.3 Å². The predicted molar refractivity (Wildman–Crippen MR) is 48.9 cm³/mol. The van der Waals surface area contributed by atoms with Gasteiger partial charge in [0.1, 0.15) is 0 Å². The molecule has 1 aliphatic heterocycles. The fraction of sp³-hybridized carbons (Fsp3) is 1.00. The Morgan fingerprint density at radius 2 is 1.67 bits per heavy atom. The Labute approximate surface area is 74.4 Å². The smallest absolute Gasteiger partial charge is 0.0620 e. The minimum absolute atomic E-state index is 0.454. The van der Waals surface area contributed by atoms with E-state index in [9.17, 15) is 5.11 Å². The van der Waals surface area contributed by atoms with Crippen LogP contribution in [0.3, 0.4) is 0 Å². The van der Waals surface area contributed by atoms with Crippen molar-refractivity contribution in [1.82, 2.24) is 5.32 Å². The summed E-state index contributed by atoms with van der Waals surface area (Å²) in [4.78, 5) is 0. The molecule has 1 aliphatic carbocycles. The maximum absolute atomic E-state index is 9.85. The first-order chi connectivity index (χ1) is 5.57. The number of fused-ring (bicyclic) bond motifs is 1. The van der Waals surface area contributed by atoms with E-state index in [4.69, 9.17) is 0 Å². The van der Waals surface area contributed by atoms with Crippen LogP contribution in [-0.2, 0) is 0 Å². The molecule has 0 spiro atoms. The molecule has 1 saturated carbocycles. The third kappa shape index (κ3) is 1.38. The predicted octanol–water partition coefficient (Wildman–Crippen LogP) is 1.00. The van der Waals surface area contributed by atoms with Crippen LogP contribution in [0.5, 0.6) is 0 Å². The Balaban J connectivity index is 1.99. The Morgan fingerprint density at radius 1 is 1.17 bits per heavy atom. The van der Waals surface area contributed by atoms with Crippen molar-refractivity contribution in [1.29, 1.82) is 0 Å². The second-order valence-corrected chi connectivity index (χ2v) is 5.00. The van der Waals surface area contributed by atoms with Crippen LogP contribution in [0, 0.1) is 17.8 Å². The summed E-state index contributed by atoms with van der Waals surface area (Å²) in [5.41, 5.74) is -0.454. The van der Waals surface area contributed by atoms with Crippen LogP contribution in [0.4, 0.5) is 0 Å². The van der Waals surface area contributed by atoms with E-state index >= 15 is 0 Å². The molecule has 2 nitrogen and oxygen atoms in total. The average Bonchev–Trinajstić information content (AvgIpc) is 2.37. The van der Waals surface area contributed by atoms with Gasteiger partial charge in [0, 0.05) is 0 Å². The summed E-state index contributed by atoms with van der Waals surface area (Å²) in [5, 5.41) is 13.3. The van der Waals surface area contributed by atoms with Gasteiger partial charge in [-0.25, -0.2) is 0 Å². The van der Waals surface area contributed by atoms with Gasteiger partial charge in [0.25, 0.3) is 0 Å². The molecule has 2 rings (SSSR count). The Kier molecular flexibility index (Phi) is 1.92. The fourth-order valence-electron chi connectivity index (χ4n) is 2.74. The van der Waals surface area contributed by atoms with Crippen LogP contribution >= 0.6 is 0 Å². The Hall–Kier alpha value is -0.0800. The summed E-state index contributed by atoms with van der Waals surface area (Å²) < 4.78 is 0. The van der Waals surface area contributed by atoms with Crippen LogP contribution in [-0.4, -0.2) is 23.8 Å². The molecule has 1 heterocycles. The number of nitrogens with one attached hydrogen (secondary N) is 1. The molecule has 0 radical (unpaired) electrons. The lowest BCUT2D eigenvalue weighted by Gasteiger charge is -2.26. The summed E-state index contributed by atoms with van der Waals surface area (Å²) >= 11 is 0. The first-order valence-corrected chi connectivity index (χ1v) is 5.00. The molecule has 1 unspecified atom stereocenters. The molecule has 2 aliphatic rings. The molecule has 0 aromatic rings. The fourth-order valence-corrected chi connectivity index (χ4v) is 2.74. The van der Waals surface area contributed by atoms with Gasteiger partial charge in [-0.1, -0.05) is 0 Å². The molecule has 0 aromatic heterocycles. The second-order valence-electron chi connectivity index (χ2n) is 5.00. The molecule has 12 heavy (non-hydrogen) atoms. The lowest BCUT2D eigenvalue weighted by molar-refractivity contribution is 0.0167. The number of hydrogen-bond acceptors (Lipinski definition) is 2. The van der Waals surface area contributed by atoms with E-state index in [0.29, 0.717) is 5.92 Å². The highest BCUT2D eigenvalue weighted by atomic mass is 16.3. The minimum atomic E-state index is -0.454. The lowest BCUT2D eigenvalue weighted by Crippen LogP contribution is -2.30. The molecule has 2 N–H and O–H groups in total. The van der Waals surface area contributed by atoms with Crippen LogP contribution < -0.4 is 5.32 Å². The molecular formula is C10H19NO. The van der Waals surface area contributed by atoms with Crippen LogP contribution in [0.15, 0.2) is 0 Å². The molecule has 2 heteroatoms. The van der Waals surface area contributed by atoms with Crippen molar-refractivity contribution in [3.63, 3.8) is 0 Å². The van der Waals surface area contributed by atoms with Crippen molar-refractivity contribution >= 4 is 0 Å². The number of aliphatic hydroxyl groups is 1. The van der Waals surface area contributed by atoms with Crippen molar-refractivity contribution in [2.45, 2.75) is 32.3 Å². The van der Waals surface area contributed by atoms with Crippen molar-refractivity contribution in [3.8, 4) is 0 Å². The maximum atomic E-state index is 9.85. The van der Waals surface area contributed by atoms with Gasteiger partial charge in [0.05, 0.1) is 5.60 Å². The standard InChI is InChI=1S/C10H19NO/c1-10(2,12)9-3-7-5-11-6-8(7)4-9/h7-9,11-12H,3-6H2,1-2H3/t7-,8+,9?. The lowest BCUT2D eigenvalue weighted by atomic mass is 9.88. The molecule has 2 fully saturated rings. The first-order valence-electron chi connectivity index (χ1n) is 5.00. The zero-order chi connectivity index (χ0) is 8.77. The molecule has 0 aromatic carbocycles. The highest BCUT2D eigenvalue weighted by molar-refractivity contribution is 4.95. The van der Waals surface area contributed by atoms with Gasteiger partial charge >= 0.3 is 0 Å². The molecule has 0 bridgehead atoms. The monoisotopic (exact) mass is 169 g/mol. The highest BCUT2D eigenvalue weighted by Gasteiger charge is 2.42. The SMILES string of the molecule is CC(C)(O)C1C[C@H]2CNC[C@H]2C1. The van der Waals surface area contributed by atoms with E-state index in [1.54, 1.807) is 0 Å². The third-order valence-corrected chi connectivity index (χ3v) is 3.65. The van der Waals surface area contributed by atoms with E-state index in [-0.39, 0.29) is 0 Å². The van der Waals surface area contributed by atoms with E-state index in [2.05, 4.69) is 5.32 Å². The highest BCUT2D eigenvalue weighted by Crippen LogP contribution is 2.43. The quantitative estimate of drug-likeness (QED) is 0.614. The molecule has 3 atom stereocenters. The van der Waals surface area contributed by atoms with E-state index in [1.807, 2.05) is 13.8 Å². The Morgan fingerprint density at radius 3 is 2.08 bits per heavy atom. The molecule has 0 amide bonds. The Bertz CT molecular complexity index is 161.